The predicted molar refractivity (Wildman–Crippen MR) is 57.9 cm³/mol. The van der Waals surface area contributed by atoms with Gasteiger partial charge in [0.15, 0.2) is 0 Å². The number of likely N-dealkylation sites (N-methyl/N-ethyl adjacent to an activating group) is 1. The van der Waals surface area contributed by atoms with Crippen LogP contribution in [0.5, 0.6) is 0 Å². The second-order valence-corrected chi connectivity index (χ2v) is 4.54. The zero-order valence-corrected chi connectivity index (χ0v) is 9.55. The Morgan fingerprint density at radius 1 is 1.50 bits per heavy atom. The van der Waals surface area contributed by atoms with Crippen LogP contribution in [0.15, 0.2) is 0 Å². The number of carbonyl (C=O) groups excluding carboxylic acids is 1. The summed E-state index contributed by atoms with van der Waals surface area (Å²) in [5, 5.41) is 0. The highest BCUT2D eigenvalue weighted by Gasteiger charge is 2.39. The highest BCUT2D eigenvalue weighted by atomic mass is 16.2. The molecular formula is C11H22N2O. The first-order valence-electron chi connectivity index (χ1n) is 5.57. The Labute approximate surface area is 86.6 Å². The molecule has 3 nitrogen and oxygen atoms in total. The van der Waals surface area contributed by atoms with Crippen molar-refractivity contribution in [3.05, 3.63) is 0 Å². The van der Waals surface area contributed by atoms with Crippen molar-refractivity contribution in [3.8, 4) is 0 Å². The number of amides is 1. The summed E-state index contributed by atoms with van der Waals surface area (Å²) in [5.74, 6) is 0.129. The molecule has 0 aromatic rings. The first-order chi connectivity index (χ1) is 6.51. The summed E-state index contributed by atoms with van der Waals surface area (Å²) in [5.41, 5.74) is 5.55. The van der Waals surface area contributed by atoms with E-state index in [2.05, 4.69) is 13.8 Å². The molecule has 0 aromatic carbocycles. The Kier molecular flexibility index (Phi) is 3.53. The van der Waals surface area contributed by atoms with Crippen LogP contribution in [-0.2, 0) is 4.79 Å². The molecular weight excluding hydrogens is 176 g/mol. The molecule has 14 heavy (non-hydrogen) atoms. The van der Waals surface area contributed by atoms with Gasteiger partial charge in [-0.3, -0.25) is 4.79 Å². The lowest BCUT2D eigenvalue weighted by Crippen LogP contribution is -2.54. The van der Waals surface area contributed by atoms with Gasteiger partial charge in [-0.2, -0.15) is 0 Å². The van der Waals surface area contributed by atoms with Gasteiger partial charge in [0.25, 0.3) is 0 Å². The third kappa shape index (κ3) is 2.08. The highest BCUT2D eigenvalue weighted by molar-refractivity contribution is 5.86. The first-order valence-corrected chi connectivity index (χ1v) is 5.57. The minimum Gasteiger partial charge on any atom is -0.341 e. The predicted octanol–water partition coefficient (Wildman–Crippen LogP) is 1.51. The maximum Gasteiger partial charge on any atom is 0.242 e. The van der Waals surface area contributed by atoms with E-state index in [1.807, 2.05) is 11.9 Å². The monoisotopic (exact) mass is 198 g/mol. The van der Waals surface area contributed by atoms with Crippen molar-refractivity contribution in [3.63, 3.8) is 0 Å². The van der Waals surface area contributed by atoms with Crippen LogP contribution in [0.1, 0.15) is 46.0 Å². The van der Waals surface area contributed by atoms with Gasteiger partial charge in [0.2, 0.25) is 5.91 Å². The number of rotatable bonds is 3. The average Bonchev–Trinajstić information content (AvgIpc) is 2.63. The zero-order chi connectivity index (χ0) is 10.8. The van der Waals surface area contributed by atoms with Crippen molar-refractivity contribution < 1.29 is 4.79 Å². The molecule has 2 N–H and O–H groups in total. The summed E-state index contributed by atoms with van der Waals surface area (Å²) < 4.78 is 0. The van der Waals surface area contributed by atoms with E-state index in [-0.39, 0.29) is 5.91 Å². The van der Waals surface area contributed by atoms with Gasteiger partial charge in [-0.05, 0) is 26.2 Å². The summed E-state index contributed by atoms with van der Waals surface area (Å²) in [4.78, 5) is 13.9. The number of hydrogen-bond acceptors (Lipinski definition) is 2. The van der Waals surface area contributed by atoms with Crippen molar-refractivity contribution in [1.82, 2.24) is 4.90 Å². The fraction of sp³-hybridized carbons (Fsp3) is 0.909. The quantitative estimate of drug-likeness (QED) is 0.747. The maximum absolute atomic E-state index is 12.1. The fourth-order valence-electron chi connectivity index (χ4n) is 2.05. The third-order valence-electron chi connectivity index (χ3n) is 3.49. The number of carbonyl (C=O) groups is 1. The molecule has 0 saturated heterocycles. The van der Waals surface area contributed by atoms with Crippen molar-refractivity contribution in [2.24, 2.45) is 5.73 Å². The highest BCUT2D eigenvalue weighted by Crippen LogP contribution is 2.29. The summed E-state index contributed by atoms with van der Waals surface area (Å²) in [6.07, 6.45) is 4.88. The van der Waals surface area contributed by atoms with Crippen LogP contribution < -0.4 is 5.73 Å². The molecule has 0 heterocycles. The molecule has 0 aliphatic heterocycles. The molecule has 0 spiro atoms. The minimum atomic E-state index is -0.557. The van der Waals surface area contributed by atoms with E-state index in [1.54, 1.807) is 0 Å². The molecule has 1 amide bonds. The molecule has 1 saturated carbocycles. The number of nitrogens with zero attached hydrogens (tertiary/aromatic N) is 1. The molecule has 1 fully saturated rings. The van der Waals surface area contributed by atoms with E-state index < -0.39 is 5.54 Å². The summed E-state index contributed by atoms with van der Waals surface area (Å²) in [6, 6.07) is 0.295. The van der Waals surface area contributed by atoms with Gasteiger partial charge in [-0.1, -0.05) is 19.8 Å². The van der Waals surface area contributed by atoms with Crippen molar-refractivity contribution >= 4 is 5.91 Å². The standard InChI is InChI=1S/C11H22N2O/c1-4-9(2)13(3)10(14)11(12)7-5-6-8-11/h9H,4-8,12H2,1-3H3. The molecule has 1 rings (SSSR count). The average molecular weight is 198 g/mol. The van der Waals surface area contributed by atoms with Crippen LogP contribution in [-0.4, -0.2) is 29.4 Å². The van der Waals surface area contributed by atoms with Crippen molar-refractivity contribution in [1.29, 1.82) is 0 Å². The second-order valence-electron chi connectivity index (χ2n) is 4.54. The molecule has 0 radical (unpaired) electrons. The van der Waals surface area contributed by atoms with E-state index in [4.69, 9.17) is 5.73 Å². The van der Waals surface area contributed by atoms with Crippen LogP contribution in [0.2, 0.25) is 0 Å². The largest absolute Gasteiger partial charge is 0.341 e. The molecule has 0 aromatic heterocycles. The lowest BCUT2D eigenvalue weighted by Gasteiger charge is -2.32. The zero-order valence-electron chi connectivity index (χ0n) is 9.55. The molecule has 1 atom stereocenters. The Morgan fingerprint density at radius 2 is 2.00 bits per heavy atom. The second kappa shape index (κ2) is 4.30. The maximum atomic E-state index is 12.1. The number of nitrogens with two attached hydrogens (primary N) is 1. The summed E-state index contributed by atoms with van der Waals surface area (Å²) in [6.45, 7) is 4.16. The molecule has 82 valence electrons. The summed E-state index contributed by atoms with van der Waals surface area (Å²) in [7, 11) is 1.86. The normalized spacial score (nSPS) is 22.0. The van der Waals surface area contributed by atoms with Gasteiger partial charge in [0.1, 0.15) is 0 Å². The molecule has 0 bridgehead atoms. The van der Waals surface area contributed by atoms with E-state index >= 15 is 0 Å². The van der Waals surface area contributed by atoms with Crippen LogP contribution in [0.25, 0.3) is 0 Å². The lowest BCUT2D eigenvalue weighted by molar-refractivity contribution is -0.137. The first kappa shape index (κ1) is 11.5. The van der Waals surface area contributed by atoms with E-state index in [1.165, 1.54) is 0 Å². The van der Waals surface area contributed by atoms with Crippen molar-refractivity contribution in [2.75, 3.05) is 7.05 Å². The van der Waals surface area contributed by atoms with Gasteiger partial charge >= 0.3 is 0 Å². The van der Waals surface area contributed by atoms with E-state index in [9.17, 15) is 4.79 Å². The Balaban J connectivity index is 2.63. The lowest BCUT2D eigenvalue weighted by atomic mass is 9.96. The Hall–Kier alpha value is -0.570. The fourth-order valence-corrected chi connectivity index (χ4v) is 2.05. The van der Waals surface area contributed by atoms with Gasteiger partial charge < -0.3 is 10.6 Å². The Morgan fingerprint density at radius 3 is 2.43 bits per heavy atom. The van der Waals surface area contributed by atoms with Gasteiger partial charge in [0.05, 0.1) is 5.54 Å². The molecule has 1 aliphatic carbocycles. The topological polar surface area (TPSA) is 46.3 Å². The minimum absolute atomic E-state index is 0.129. The van der Waals surface area contributed by atoms with Gasteiger partial charge in [-0.25, -0.2) is 0 Å². The van der Waals surface area contributed by atoms with Crippen molar-refractivity contribution in [2.45, 2.75) is 57.5 Å². The van der Waals surface area contributed by atoms with Crippen LogP contribution >= 0.6 is 0 Å². The van der Waals surface area contributed by atoms with Crippen LogP contribution in [0.3, 0.4) is 0 Å². The van der Waals surface area contributed by atoms with E-state index in [0.29, 0.717) is 6.04 Å². The molecule has 1 aliphatic rings. The Bertz CT molecular complexity index is 209. The summed E-state index contributed by atoms with van der Waals surface area (Å²) >= 11 is 0. The smallest absolute Gasteiger partial charge is 0.242 e. The van der Waals surface area contributed by atoms with Gasteiger partial charge in [0, 0.05) is 13.1 Å². The third-order valence-corrected chi connectivity index (χ3v) is 3.49. The SMILES string of the molecule is CCC(C)N(C)C(=O)C1(N)CCCC1. The molecule has 3 heteroatoms. The van der Waals surface area contributed by atoms with E-state index in [0.717, 1.165) is 32.1 Å². The van der Waals surface area contributed by atoms with Crippen LogP contribution in [0.4, 0.5) is 0 Å². The number of hydrogen-bond donors (Lipinski definition) is 1. The van der Waals surface area contributed by atoms with Gasteiger partial charge in [-0.15, -0.1) is 0 Å². The molecule has 1 unspecified atom stereocenters. The van der Waals surface area contributed by atoms with Crippen LogP contribution in [0, 0.1) is 0 Å².